The molecule has 1 saturated heterocycles. The molecule has 0 saturated carbocycles. The molecule has 7 heteroatoms. The monoisotopic (exact) mass is 567 g/mol. The molecule has 0 unspecified atom stereocenters. The lowest BCUT2D eigenvalue weighted by molar-refractivity contribution is -0.143. The molecule has 2 aliphatic rings. The van der Waals surface area contributed by atoms with E-state index in [0.717, 1.165) is 70.2 Å². The van der Waals surface area contributed by atoms with Crippen molar-refractivity contribution in [2.24, 2.45) is 5.41 Å². The highest BCUT2D eigenvalue weighted by atomic mass is 35.5. The molecule has 1 fully saturated rings. The van der Waals surface area contributed by atoms with E-state index in [2.05, 4.69) is 17.4 Å². The van der Waals surface area contributed by atoms with Gasteiger partial charge in [-0.1, -0.05) is 41.4 Å². The van der Waals surface area contributed by atoms with Crippen molar-refractivity contribution in [3.8, 4) is 11.5 Å². The van der Waals surface area contributed by atoms with E-state index >= 15 is 0 Å². The number of halogens is 2. The van der Waals surface area contributed by atoms with Gasteiger partial charge in [0.15, 0.2) is 0 Å². The second kappa shape index (κ2) is 11.4. The Morgan fingerprint density at radius 3 is 2.39 bits per heavy atom. The van der Waals surface area contributed by atoms with Crippen LogP contribution in [0.3, 0.4) is 0 Å². The average Bonchev–Trinajstić information content (AvgIpc) is 3.31. The van der Waals surface area contributed by atoms with Gasteiger partial charge in [0, 0.05) is 27.2 Å². The zero-order valence-corrected chi connectivity index (χ0v) is 24.1. The molecule has 3 aromatic carbocycles. The Morgan fingerprint density at radius 1 is 0.974 bits per heavy atom. The summed E-state index contributed by atoms with van der Waals surface area (Å²) in [5.74, 6) is 2.02. The minimum absolute atomic E-state index is 0.202. The summed E-state index contributed by atoms with van der Waals surface area (Å²) in [5.41, 5.74) is 4.81. The fourth-order valence-electron chi connectivity index (χ4n) is 4.66. The number of thioether (sulfide) groups is 1. The molecule has 2 heterocycles. The van der Waals surface area contributed by atoms with E-state index < -0.39 is 5.41 Å². The molecular weight excluding hydrogens is 537 g/mol. The van der Waals surface area contributed by atoms with Gasteiger partial charge in [0.05, 0.1) is 5.41 Å². The van der Waals surface area contributed by atoms with Crippen LogP contribution in [0.15, 0.2) is 65.6 Å². The highest BCUT2D eigenvalue weighted by Gasteiger charge is 2.26. The summed E-state index contributed by atoms with van der Waals surface area (Å²) in [6.45, 7) is 7.43. The summed E-state index contributed by atoms with van der Waals surface area (Å²) in [7, 11) is 0. The maximum absolute atomic E-state index is 12.5. The van der Waals surface area contributed by atoms with E-state index in [-0.39, 0.29) is 12.1 Å². The number of esters is 1. The van der Waals surface area contributed by atoms with Crippen molar-refractivity contribution in [2.45, 2.75) is 44.6 Å². The minimum Gasteiger partial charge on any atom is -0.489 e. The third-order valence-electron chi connectivity index (χ3n) is 6.67. The van der Waals surface area contributed by atoms with Crippen LogP contribution in [0.1, 0.15) is 50.3 Å². The smallest absolute Gasteiger partial charge is 0.316 e. The van der Waals surface area contributed by atoms with Crippen LogP contribution in [-0.2, 0) is 4.79 Å². The van der Waals surface area contributed by atoms with Crippen LogP contribution in [0.4, 0.5) is 0 Å². The van der Waals surface area contributed by atoms with E-state index in [1.165, 1.54) is 0 Å². The van der Waals surface area contributed by atoms with E-state index in [1.54, 1.807) is 17.8 Å². The molecule has 0 radical (unpaired) electrons. The van der Waals surface area contributed by atoms with E-state index in [0.29, 0.717) is 15.8 Å². The quantitative estimate of drug-likeness (QED) is 0.249. The van der Waals surface area contributed by atoms with Crippen LogP contribution in [0.25, 0.3) is 11.1 Å². The molecular formula is C31H31Cl2NO3S. The molecule has 0 aliphatic carbocycles. The SMILES string of the molecule is CC(C)(C)C(=O)Oc1ccc2c(c1)SCCC(c1ccc(Cl)cc1Cl)=C2c1ccc(O[C@H]2CCNC2)cc1. The van der Waals surface area contributed by atoms with E-state index in [4.69, 9.17) is 32.7 Å². The second-order valence-electron chi connectivity index (χ2n) is 10.6. The van der Waals surface area contributed by atoms with Crippen LogP contribution in [0.5, 0.6) is 11.5 Å². The Bertz CT molecular complexity index is 1370. The summed E-state index contributed by atoms with van der Waals surface area (Å²) in [6.07, 6.45) is 2.03. The Hall–Kier alpha value is -2.44. The molecule has 2 aliphatic heterocycles. The molecule has 1 N–H and O–H groups in total. The minimum atomic E-state index is -0.581. The molecule has 3 aromatic rings. The van der Waals surface area contributed by atoms with Crippen molar-refractivity contribution in [1.82, 2.24) is 5.32 Å². The Labute approximate surface area is 238 Å². The van der Waals surface area contributed by atoms with Gasteiger partial charge in [-0.05, 0) is 110 Å². The first kappa shape index (κ1) is 27.1. The lowest BCUT2D eigenvalue weighted by Crippen LogP contribution is -2.25. The van der Waals surface area contributed by atoms with Crippen LogP contribution < -0.4 is 14.8 Å². The van der Waals surface area contributed by atoms with Gasteiger partial charge in [-0.15, -0.1) is 11.8 Å². The molecule has 5 rings (SSSR count). The largest absolute Gasteiger partial charge is 0.489 e. The first-order valence-electron chi connectivity index (χ1n) is 12.8. The summed E-state index contributed by atoms with van der Waals surface area (Å²) in [6, 6.07) is 19.9. The third-order valence-corrected chi connectivity index (χ3v) is 8.28. The van der Waals surface area contributed by atoms with Gasteiger partial charge in [-0.2, -0.15) is 0 Å². The van der Waals surface area contributed by atoms with Crippen molar-refractivity contribution >= 4 is 52.1 Å². The van der Waals surface area contributed by atoms with Gasteiger partial charge in [0.25, 0.3) is 0 Å². The number of allylic oxidation sites excluding steroid dienone is 1. The molecule has 38 heavy (non-hydrogen) atoms. The fraction of sp³-hybridized carbons (Fsp3) is 0.323. The molecule has 1 atom stereocenters. The molecule has 0 spiro atoms. The second-order valence-corrected chi connectivity index (χ2v) is 12.6. The number of fused-ring (bicyclic) bond motifs is 1. The molecule has 0 bridgehead atoms. The zero-order chi connectivity index (χ0) is 26.9. The summed E-state index contributed by atoms with van der Waals surface area (Å²) < 4.78 is 11.9. The number of rotatable bonds is 5. The van der Waals surface area contributed by atoms with Crippen molar-refractivity contribution in [3.63, 3.8) is 0 Å². The van der Waals surface area contributed by atoms with Crippen LogP contribution in [0, 0.1) is 5.41 Å². The predicted octanol–water partition coefficient (Wildman–Crippen LogP) is 8.14. The average molecular weight is 569 g/mol. The highest BCUT2D eigenvalue weighted by molar-refractivity contribution is 7.99. The van der Waals surface area contributed by atoms with Gasteiger partial charge in [-0.3, -0.25) is 4.79 Å². The lowest BCUT2D eigenvalue weighted by Gasteiger charge is -2.19. The molecule has 198 valence electrons. The lowest BCUT2D eigenvalue weighted by atomic mass is 9.88. The molecule has 0 aromatic heterocycles. The maximum atomic E-state index is 12.5. The first-order chi connectivity index (χ1) is 18.2. The van der Waals surface area contributed by atoms with Crippen molar-refractivity contribution < 1.29 is 14.3 Å². The number of hydrogen-bond acceptors (Lipinski definition) is 5. The van der Waals surface area contributed by atoms with Crippen molar-refractivity contribution in [2.75, 3.05) is 18.8 Å². The van der Waals surface area contributed by atoms with Crippen molar-refractivity contribution in [1.29, 1.82) is 0 Å². The zero-order valence-electron chi connectivity index (χ0n) is 21.8. The fourth-order valence-corrected chi connectivity index (χ4v) is 6.23. The number of nitrogens with one attached hydrogen (secondary N) is 1. The third kappa shape index (κ3) is 6.07. The molecule has 0 amide bonds. The number of ether oxygens (including phenoxy) is 2. The number of carbonyl (C=O) groups excluding carboxylic acids is 1. The summed E-state index contributed by atoms with van der Waals surface area (Å²) >= 11 is 14.7. The molecule has 4 nitrogen and oxygen atoms in total. The van der Waals surface area contributed by atoms with Gasteiger partial charge in [0.2, 0.25) is 0 Å². The Kier molecular flexibility index (Phi) is 8.11. The standard InChI is InChI=1S/C31H31Cl2NO3S/c1-31(2,3)30(35)37-22-9-11-26-28(17-22)38-15-13-25(24-10-6-20(32)16-27(24)33)29(26)19-4-7-21(8-5-19)36-23-12-14-34-18-23/h4-11,16-17,23,34H,12-15,18H2,1-3H3/t23-/m0/s1. The topological polar surface area (TPSA) is 47.6 Å². The number of hydrogen-bond donors (Lipinski definition) is 1. The van der Waals surface area contributed by atoms with Crippen molar-refractivity contribution in [3.05, 3.63) is 87.4 Å². The Balaban J connectivity index is 1.59. The Morgan fingerprint density at radius 2 is 1.71 bits per heavy atom. The highest BCUT2D eigenvalue weighted by Crippen LogP contribution is 2.45. The predicted molar refractivity (Wildman–Crippen MR) is 158 cm³/mol. The van der Waals surface area contributed by atoms with Crippen LogP contribution in [0.2, 0.25) is 10.0 Å². The van der Waals surface area contributed by atoms with Crippen LogP contribution >= 0.6 is 35.0 Å². The first-order valence-corrected chi connectivity index (χ1v) is 14.6. The van der Waals surface area contributed by atoms with E-state index in [9.17, 15) is 4.79 Å². The van der Waals surface area contributed by atoms with E-state index in [1.807, 2.05) is 63.2 Å². The number of carbonyl (C=O) groups is 1. The van der Waals surface area contributed by atoms with Gasteiger partial charge in [-0.25, -0.2) is 0 Å². The van der Waals surface area contributed by atoms with Gasteiger partial charge in [0.1, 0.15) is 17.6 Å². The van der Waals surface area contributed by atoms with Crippen LogP contribution in [-0.4, -0.2) is 30.9 Å². The normalized spacial score (nSPS) is 17.7. The number of benzene rings is 3. The maximum Gasteiger partial charge on any atom is 0.316 e. The summed E-state index contributed by atoms with van der Waals surface area (Å²) in [5, 5.41) is 4.58. The van der Waals surface area contributed by atoms with Gasteiger partial charge < -0.3 is 14.8 Å². The van der Waals surface area contributed by atoms with Gasteiger partial charge >= 0.3 is 5.97 Å². The summed E-state index contributed by atoms with van der Waals surface area (Å²) in [4.78, 5) is 13.6.